The van der Waals surface area contributed by atoms with Gasteiger partial charge in [-0.1, -0.05) is 0 Å². The van der Waals surface area contributed by atoms with Gasteiger partial charge in [-0.15, -0.1) is 0 Å². The van der Waals surface area contributed by atoms with Crippen molar-refractivity contribution in [2.75, 3.05) is 65.4 Å². The van der Waals surface area contributed by atoms with Crippen LogP contribution in [0.4, 0.5) is 0 Å². The molecular weight excluding hydrogens is 335 g/mol. The van der Waals surface area contributed by atoms with E-state index >= 15 is 0 Å². The number of hydrogen-bond acceptors (Lipinski definition) is 5. The third-order valence-electron chi connectivity index (χ3n) is 3.50. The summed E-state index contributed by atoms with van der Waals surface area (Å²) in [6.45, 7) is 15.4. The fraction of sp³-hybridized carbons (Fsp3) is 0.714. The summed E-state index contributed by atoms with van der Waals surface area (Å²) in [7, 11) is 0. The van der Waals surface area contributed by atoms with E-state index < -0.39 is 0 Å². The van der Waals surface area contributed by atoms with Crippen LogP contribution in [-0.4, -0.2) is 100 Å². The molecule has 0 atom stereocenters. The van der Waals surface area contributed by atoms with Crippen LogP contribution in [0.2, 0.25) is 0 Å². The van der Waals surface area contributed by atoms with Gasteiger partial charge in [-0.2, -0.15) is 0 Å². The Hall–Kier alpha value is -0.561. The molecule has 1 heterocycles. The van der Waals surface area contributed by atoms with Gasteiger partial charge in [0.1, 0.15) is 0 Å². The van der Waals surface area contributed by atoms with Crippen molar-refractivity contribution in [1.29, 1.82) is 0 Å². The molecule has 1 aliphatic rings. The zero-order valence-electron chi connectivity index (χ0n) is 12.7. The average Bonchev–Trinajstić information content (AvgIpc) is 2.34. The molecule has 21 heavy (non-hydrogen) atoms. The van der Waals surface area contributed by atoms with Gasteiger partial charge < -0.3 is 0 Å². The van der Waals surface area contributed by atoms with E-state index in [9.17, 15) is 10.2 Å². The molecule has 0 aromatic rings. The summed E-state index contributed by atoms with van der Waals surface area (Å²) in [5.41, 5.74) is 0. The molecular formula is C14H29N4O2Se+. The van der Waals surface area contributed by atoms with Crippen LogP contribution in [0.5, 0.6) is 0 Å². The molecule has 1 rings (SSSR count). The van der Waals surface area contributed by atoms with Gasteiger partial charge >= 0.3 is 136 Å². The maximum absolute atomic E-state index is 9.48. The Balaban J connectivity index is 2.49. The van der Waals surface area contributed by atoms with E-state index in [1.165, 1.54) is 0 Å². The minimum atomic E-state index is 0.213. The molecule has 0 radical (unpaired) electrons. The van der Waals surface area contributed by atoms with Crippen molar-refractivity contribution in [2.24, 2.45) is 0 Å². The zero-order valence-corrected chi connectivity index (χ0v) is 14.6. The summed E-state index contributed by atoms with van der Waals surface area (Å²) in [5.74, 6) is 0.445. The van der Waals surface area contributed by atoms with Gasteiger partial charge in [0.05, 0.1) is 0 Å². The maximum atomic E-state index is 9.48. The molecule has 6 nitrogen and oxygen atoms in total. The number of quaternary nitrogens is 1. The van der Waals surface area contributed by atoms with Crippen molar-refractivity contribution in [1.82, 2.24) is 15.5 Å². The molecule has 0 saturated carbocycles. The Morgan fingerprint density at radius 2 is 1.52 bits per heavy atom. The molecule has 122 valence electrons. The summed E-state index contributed by atoms with van der Waals surface area (Å²) >= 11 is 2.67. The van der Waals surface area contributed by atoms with E-state index in [0.717, 1.165) is 55.9 Å². The predicted molar refractivity (Wildman–Crippen MR) is 87.7 cm³/mol. The SMILES string of the molecule is C=C(O)CN1CCNCC[N+]([SeH])(CC(=C)O)CCNCC1. The first-order chi connectivity index (χ1) is 9.91. The van der Waals surface area contributed by atoms with Gasteiger partial charge in [0.25, 0.3) is 0 Å². The molecule has 0 bridgehead atoms. The first-order valence-corrected chi connectivity index (χ1v) is 8.21. The Kier molecular flexibility index (Phi) is 8.32. The first-order valence-electron chi connectivity index (χ1n) is 7.37. The number of aliphatic hydroxyl groups excluding tert-OH is 2. The standard InChI is InChI=1S/C14H28N4O2Se/c1-13(19)11-17-7-3-15-5-9-18(21,12-14(2)20)10-6-16-4-8-17/h15-16,21H,1-12H2,(H-,19,20)/p+1. The second-order valence-electron chi connectivity index (χ2n) is 5.61. The van der Waals surface area contributed by atoms with Crippen LogP contribution in [0.25, 0.3) is 0 Å². The third kappa shape index (κ3) is 8.46. The van der Waals surface area contributed by atoms with Gasteiger partial charge in [-0.3, -0.25) is 0 Å². The van der Waals surface area contributed by atoms with Gasteiger partial charge in [-0.05, 0) is 0 Å². The van der Waals surface area contributed by atoms with Crippen LogP contribution in [0, 0.1) is 0 Å². The molecule has 0 unspecified atom stereocenters. The molecule has 1 fully saturated rings. The molecule has 1 aliphatic heterocycles. The van der Waals surface area contributed by atoms with Gasteiger partial charge in [0.15, 0.2) is 0 Å². The van der Waals surface area contributed by atoms with E-state index in [2.05, 4.69) is 44.9 Å². The van der Waals surface area contributed by atoms with Crippen LogP contribution in [0.3, 0.4) is 0 Å². The summed E-state index contributed by atoms with van der Waals surface area (Å²) < 4.78 is 0.722. The number of nitrogens with zero attached hydrogens (tertiary/aromatic N) is 2. The third-order valence-corrected chi connectivity index (χ3v) is 4.64. The molecule has 0 spiro atoms. The average molecular weight is 364 g/mol. The topological polar surface area (TPSA) is 67.8 Å². The molecule has 4 N–H and O–H groups in total. The van der Waals surface area contributed by atoms with Crippen LogP contribution in [0.1, 0.15) is 0 Å². The normalized spacial score (nSPS) is 22.0. The van der Waals surface area contributed by atoms with E-state index in [1.54, 1.807) is 0 Å². The van der Waals surface area contributed by atoms with Gasteiger partial charge in [0, 0.05) is 0 Å². The fourth-order valence-electron chi connectivity index (χ4n) is 2.44. The molecule has 1 saturated heterocycles. The number of hydrogen-bond donors (Lipinski definition) is 4. The van der Waals surface area contributed by atoms with E-state index in [-0.39, 0.29) is 11.5 Å². The molecule has 7 heteroatoms. The summed E-state index contributed by atoms with van der Waals surface area (Å²) in [4.78, 5) is 2.18. The second kappa shape index (κ2) is 9.46. The summed E-state index contributed by atoms with van der Waals surface area (Å²) in [5, 5.41) is 25.7. The van der Waals surface area contributed by atoms with Crippen LogP contribution >= 0.6 is 0 Å². The van der Waals surface area contributed by atoms with Crippen molar-refractivity contribution in [3.8, 4) is 0 Å². The Morgan fingerprint density at radius 1 is 1.00 bits per heavy atom. The molecule has 0 aromatic carbocycles. The van der Waals surface area contributed by atoms with Crippen LogP contribution in [0.15, 0.2) is 24.7 Å². The molecule has 0 aromatic heterocycles. The van der Waals surface area contributed by atoms with Crippen molar-refractivity contribution in [3.63, 3.8) is 0 Å². The Labute approximate surface area is 136 Å². The zero-order chi connectivity index (χ0) is 15.7. The van der Waals surface area contributed by atoms with Crippen molar-refractivity contribution in [2.45, 2.75) is 0 Å². The Morgan fingerprint density at radius 3 is 1.95 bits per heavy atom. The number of aliphatic hydroxyl groups is 2. The summed E-state index contributed by atoms with van der Waals surface area (Å²) in [6.07, 6.45) is 0. The molecule has 0 aliphatic carbocycles. The second-order valence-corrected chi connectivity index (χ2v) is 7.39. The minimum absolute atomic E-state index is 0.213. The molecule has 0 amide bonds. The van der Waals surface area contributed by atoms with E-state index in [4.69, 9.17) is 0 Å². The van der Waals surface area contributed by atoms with Crippen molar-refractivity contribution in [3.05, 3.63) is 24.7 Å². The van der Waals surface area contributed by atoms with Crippen LogP contribution < -0.4 is 10.6 Å². The van der Waals surface area contributed by atoms with Crippen molar-refractivity contribution >= 4 is 16.2 Å². The monoisotopic (exact) mass is 365 g/mol. The fourth-order valence-corrected chi connectivity index (χ4v) is 3.20. The number of nitrogens with one attached hydrogen (secondary N) is 2. The van der Waals surface area contributed by atoms with Crippen molar-refractivity contribution < 1.29 is 13.7 Å². The van der Waals surface area contributed by atoms with E-state index in [0.29, 0.717) is 13.1 Å². The van der Waals surface area contributed by atoms with Crippen LogP contribution in [-0.2, 0) is 0 Å². The predicted octanol–water partition coefficient (Wildman–Crippen LogP) is -0.743. The van der Waals surface area contributed by atoms with Gasteiger partial charge in [0.2, 0.25) is 0 Å². The quantitative estimate of drug-likeness (QED) is 0.391. The number of rotatable bonds is 4. The Bertz CT molecular complexity index is 338. The van der Waals surface area contributed by atoms with Gasteiger partial charge in [-0.25, -0.2) is 0 Å². The summed E-state index contributed by atoms with van der Waals surface area (Å²) in [6, 6.07) is 0. The van der Waals surface area contributed by atoms with E-state index in [1.807, 2.05) is 0 Å². The first kappa shape index (κ1) is 18.5.